The van der Waals surface area contributed by atoms with Crippen LogP contribution in [-0.2, 0) is 6.54 Å². The molecule has 0 aliphatic heterocycles. The first-order valence-corrected chi connectivity index (χ1v) is 5.99. The SMILES string of the molecule is Nc1ccc(Cn2cnc3c(N)nc(Cl)nc32)cc1. The van der Waals surface area contributed by atoms with Gasteiger partial charge in [-0.2, -0.15) is 9.97 Å². The number of rotatable bonds is 2. The molecule has 1 aromatic carbocycles. The quantitative estimate of drug-likeness (QED) is 0.548. The predicted octanol–water partition coefficient (Wildman–Crippen LogP) is 1.69. The Balaban J connectivity index is 2.03. The molecule has 2 aromatic heterocycles. The lowest BCUT2D eigenvalue weighted by Crippen LogP contribution is -2.01. The van der Waals surface area contributed by atoms with Gasteiger partial charge < -0.3 is 16.0 Å². The molecule has 0 saturated carbocycles. The van der Waals surface area contributed by atoms with Crippen LogP contribution >= 0.6 is 11.6 Å². The minimum Gasteiger partial charge on any atom is -0.399 e. The van der Waals surface area contributed by atoms with E-state index in [4.69, 9.17) is 23.1 Å². The molecule has 0 unspecified atom stereocenters. The van der Waals surface area contributed by atoms with Crippen LogP contribution in [0.25, 0.3) is 11.2 Å². The molecule has 0 radical (unpaired) electrons. The van der Waals surface area contributed by atoms with Crippen molar-refractivity contribution in [3.05, 3.63) is 41.4 Å². The summed E-state index contributed by atoms with van der Waals surface area (Å²) in [5.74, 6) is 0.283. The summed E-state index contributed by atoms with van der Waals surface area (Å²) in [4.78, 5) is 12.2. The molecule has 0 saturated heterocycles. The van der Waals surface area contributed by atoms with Crippen molar-refractivity contribution in [2.45, 2.75) is 6.54 Å². The predicted molar refractivity (Wildman–Crippen MR) is 74.7 cm³/mol. The highest BCUT2D eigenvalue weighted by Gasteiger charge is 2.10. The molecule has 4 N–H and O–H groups in total. The molecule has 6 nitrogen and oxygen atoms in total. The van der Waals surface area contributed by atoms with E-state index in [0.29, 0.717) is 17.7 Å². The highest BCUT2D eigenvalue weighted by atomic mass is 35.5. The van der Waals surface area contributed by atoms with E-state index in [1.165, 1.54) is 0 Å². The molecule has 3 rings (SSSR count). The molecule has 0 aliphatic carbocycles. The maximum atomic E-state index is 5.82. The second-order valence-electron chi connectivity index (χ2n) is 4.16. The third-order valence-corrected chi connectivity index (χ3v) is 2.97. The number of nitrogen functional groups attached to an aromatic ring is 2. The molecular weight excluding hydrogens is 264 g/mol. The van der Waals surface area contributed by atoms with Crippen molar-refractivity contribution in [2.75, 3.05) is 11.5 Å². The van der Waals surface area contributed by atoms with Gasteiger partial charge >= 0.3 is 0 Å². The van der Waals surface area contributed by atoms with Crippen LogP contribution in [0.15, 0.2) is 30.6 Å². The fourth-order valence-electron chi connectivity index (χ4n) is 1.87. The Morgan fingerprint density at radius 1 is 1.11 bits per heavy atom. The van der Waals surface area contributed by atoms with Crippen LogP contribution in [0.2, 0.25) is 5.28 Å². The third kappa shape index (κ3) is 2.17. The summed E-state index contributed by atoms with van der Waals surface area (Å²) in [5, 5.41) is 0.115. The van der Waals surface area contributed by atoms with Crippen LogP contribution in [0.3, 0.4) is 0 Å². The van der Waals surface area contributed by atoms with Crippen LogP contribution < -0.4 is 11.5 Å². The Kier molecular flexibility index (Phi) is 2.72. The Bertz CT molecular complexity index is 734. The van der Waals surface area contributed by atoms with Crippen LogP contribution in [0.1, 0.15) is 5.56 Å². The average molecular weight is 275 g/mol. The molecule has 2 heterocycles. The maximum absolute atomic E-state index is 5.82. The molecule has 0 spiro atoms. The van der Waals surface area contributed by atoms with E-state index >= 15 is 0 Å². The summed E-state index contributed by atoms with van der Waals surface area (Å²) in [6, 6.07) is 7.61. The number of anilines is 2. The van der Waals surface area contributed by atoms with Crippen molar-refractivity contribution in [3.8, 4) is 0 Å². The second kappa shape index (κ2) is 4.40. The van der Waals surface area contributed by atoms with Crippen molar-refractivity contribution in [2.24, 2.45) is 0 Å². The van der Waals surface area contributed by atoms with Crippen LogP contribution in [-0.4, -0.2) is 19.5 Å². The maximum Gasteiger partial charge on any atom is 0.226 e. The minimum atomic E-state index is 0.115. The number of benzene rings is 1. The van der Waals surface area contributed by atoms with Gasteiger partial charge in [0.15, 0.2) is 11.5 Å². The lowest BCUT2D eigenvalue weighted by atomic mass is 10.2. The van der Waals surface area contributed by atoms with Gasteiger partial charge in [-0.3, -0.25) is 0 Å². The average Bonchev–Trinajstić information content (AvgIpc) is 2.76. The van der Waals surface area contributed by atoms with E-state index in [2.05, 4.69) is 15.0 Å². The van der Waals surface area contributed by atoms with Crippen LogP contribution in [0, 0.1) is 0 Å². The Hall–Kier alpha value is -2.34. The van der Waals surface area contributed by atoms with Gasteiger partial charge in [-0.1, -0.05) is 12.1 Å². The van der Waals surface area contributed by atoms with E-state index < -0.39 is 0 Å². The topological polar surface area (TPSA) is 95.6 Å². The number of imidazole rings is 1. The summed E-state index contributed by atoms with van der Waals surface area (Å²) in [5.41, 5.74) is 14.4. The van der Waals surface area contributed by atoms with E-state index in [0.717, 1.165) is 11.3 Å². The first-order chi connectivity index (χ1) is 9.13. The number of aromatic nitrogens is 4. The molecule has 0 fully saturated rings. The van der Waals surface area contributed by atoms with Gasteiger partial charge in [0.1, 0.15) is 5.52 Å². The van der Waals surface area contributed by atoms with Gasteiger partial charge in [0.2, 0.25) is 5.28 Å². The standard InChI is InChI=1S/C12H11ClN6/c13-12-17-10(15)9-11(18-12)19(6-16-9)5-7-1-3-8(14)4-2-7/h1-4,6H,5,14H2,(H2,15,17,18). The molecule has 0 atom stereocenters. The zero-order valence-corrected chi connectivity index (χ0v) is 10.7. The first-order valence-electron chi connectivity index (χ1n) is 5.62. The molecule has 0 bridgehead atoms. The number of nitrogens with two attached hydrogens (primary N) is 2. The molecule has 0 amide bonds. The smallest absolute Gasteiger partial charge is 0.226 e. The van der Waals surface area contributed by atoms with Gasteiger partial charge in [-0.15, -0.1) is 0 Å². The van der Waals surface area contributed by atoms with Crippen molar-refractivity contribution >= 4 is 34.3 Å². The number of halogens is 1. The number of hydrogen-bond donors (Lipinski definition) is 2. The molecule has 19 heavy (non-hydrogen) atoms. The molecule has 96 valence electrons. The minimum absolute atomic E-state index is 0.115. The highest BCUT2D eigenvalue weighted by molar-refractivity contribution is 6.28. The molecule has 3 aromatic rings. The lowest BCUT2D eigenvalue weighted by Gasteiger charge is -2.05. The molecular formula is C12H11ClN6. The van der Waals surface area contributed by atoms with Crippen LogP contribution in [0.4, 0.5) is 11.5 Å². The number of hydrogen-bond acceptors (Lipinski definition) is 5. The summed E-state index contributed by atoms with van der Waals surface area (Å²) >= 11 is 5.82. The van der Waals surface area contributed by atoms with Gasteiger partial charge in [-0.25, -0.2) is 4.98 Å². The van der Waals surface area contributed by atoms with Crippen molar-refractivity contribution in [1.82, 2.24) is 19.5 Å². The molecule has 7 heteroatoms. The largest absolute Gasteiger partial charge is 0.399 e. The molecule has 0 aliphatic rings. The van der Waals surface area contributed by atoms with Crippen molar-refractivity contribution in [3.63, 3.8) is 0 Å². The van der Waals surface area contributed by atoms with Gasteiger partial charge in [0.25, 0.3) is 0 Å². The normalized spacial score (nSPS) is 11.0. The van der Waals surface area contributed by atoms with Gasteiger partial charge in [0.05, 0.1) is 12.9 Å². The summed E-state index contributed by atoms with van der Waals surface area (Å²) in [6.07, 6.45) is 1.67. The Morgan fingerprint density at radius 2 is 1.84 bits per heavy atom. The van der Waals surface area contributed by atoms with Gasteiger partial charge in [0, 0.05) is 5.69 Å². The summed E-state index contributed by atoms with van der Waals surface area (Å²) in [7, 11) is 0. The van der Waals surface area contributed by atoms with E-state index in [9.17, 15) is 0 Å². The van der Waals surface area contributed by atoms with Gasteiger partial charge in [-0.05, 0) is 29.3 Å². The zero-order valence-electron chi connectivity index (χ0n) is 9.92. The lowest BCUT2D eigenvalue weighted by molar-refractivity contribution is 0.813. The van der Waals surface area contributed by atoms with Crippen molar-refractivity contribution < 1.29 is 0 Å². The van der Waals surface area contributed by atoms with Crippen molar-refractivity contribution in [1.29, 1.82) is 0 Å². The monoisotopic (exact) mass is 274 g/mol. The van der Waals surface area contributed by atoms with E-state index in [1.54, 1.807) is 6.33 Å². The summed E-state index contributed by atoms with van der Waals surface area (Å²) in [6.45, 7) is 0.615. The number of fused-ring (bicyclic) bond motifs is 1. The fourth-order valence-corrected chi connectivity index (χ4v) is 2.05. The Morgan fingerprint density at radius 3 is 2.58 bits per heavy atom. The third-order valence-electron chi connectivity index (χ3n) is 2.80. The van der Waals surface area contributed by atoms with E-state index in [-0.39, 0.29) is 11.1 Å². The first kappa shape index (κ1) is 11.7. The second-order valence-corrected chi connectivity index (χ2v) is 4.50. The van der Waals surface area contributed by atoms with Crippen LogP contribution in [0.5, 0.6) is 0 Å². The summed E-state index contributed by atoms with van der Waals surface area (Å²) < 4.78 is 1.87. The fraction of sp³-hybridized carbons (Fsp3) is 0.0833. The van der Waals surface area contributed by atoms with E-state index in [1.807, 2.05) is 28.8 Å². The highest BCUT2D eigenvalue weighted by Crippen LogP contribution is 2.19. The number of nitrogens with zero attached hydrogens (tertiary/aromatic N) is 4. The zero-order chi connectivity index (χ0) is 13.4. The Labute approximate surface area is 114 Å².